The third-order valence-corrected chi connectivity index (χ3v) is 3.60. The Morgan fingerprint density at radius 3 is 2.36 bits per heavy atom. The molecule has 0 spiro atoms. The Morgan fingerprint density at radius 1 is 1.09 bits per heavy atom. The second-order valence-electron chi connectivity index (χ2n) is 5.86. The maximum Gasteiger partial charge on any atom is 0.235 e. The molecule has 0 aromatic heterocycles. The van der Waals surface area contributed by atoms with Crippen LogP contribution in [0.5, 0.6) is 0 Å². The highest BCUT2D eigenvalue weighted by Crippen LogP contribution is 2.16. The average molecular weight is 308 g/mol. The second kappa shape index (κ2) is 8.51. The van der Waals surface area contributed by atoms with Gasteiger partial charge < -0.3 is 10.6 Å². The van der Waals surface area contributed by atoms with Crippen LogP contribution >= 0.6 is 0 Å². The van der Waals surface area contributed by atoms with E-state index in [1.165, 1.54) is 6.07 Å². The van der Waals surface area contributed by atoms with Crippen molar-refractivity contribution in [3.63, 3.8) is 0 Å². The minimum absolute atomic E-state index is 0.0675. The molecular formula is C17H25FN2O2. The van der Waals surface area contributed by atoms with Crippen LogP contribution in [0, 0.1) is 11.2 Å². The first-order valence-corrected chi connectivity index (χ1v) is 7.69. The molecule has 2 N–H and O–H groups in total. The molecule has 22 heavy (non-hydrogen) atoms. The maximum absolute atomic E-state index is 13.5. The lowest BCUT2D eigenvalue weighted by Crippen LogP contribution is -2.47. The smallest absolute Gasteiger partial charge is 0.235 e. The molecule has 0 atom stereocenters. The fourth-order valence-corrected chi connectivity index (χ4v) is 1.94. The van der Waals surface area contributed by atoms with Crippen LogP contribution in [0.15, 0.2) is 24.3 Å². The Bertz CT molecular complexity index is 515. The van der Waals surface area contributed by atoms with Crippen LogP contribution in [0.25, 0.3) is 0 Å². The molecule has 0 saturated heterocycles. The number of amides is 2. The third kappa shape index (κ3) is 5.13. The van der Waals surface area contributed by atoms with Gasteiger partial charge >= 0.3 is 0 Å². The molecule has 0 heterocycles. The molecule has 0 aliphatic carbocycles. The summed E-state index contributed by atoms with van der Waals surface area (Å²) in [4.78, 5) is 24.3. The van der Waals surface area contributed by atoms with Crippen molar-refractivity contribution >= 4 is 11.8 Å². The van der Waals surface area contributed by atoms with Gasteiger partial charge in [0.15, 0.2) is 0 Å². The van der Waals surface area contributed by atoms with E-state index >= 15 is 0 Å². The zero-order valence-electron chi connectivity index (χ0n) is 13.5. The normalized spacial score (nSPS) is 11.1. The largest absolute Gasteiger partial charge is 0.355 e. The first-order valence-electron chi connectivity index (χ1n) is 7.69. The Hall–Kier alpha value is -1.91. The zero-order chi connectivity index (χ0) is 16.6. The summed E-state index contributed by atoms with van der Waals surface area (Å²) in [6, 6.07) is 6.24. The molecule has 0 radical (unpaired) electrons. The van der Waals surface area contributed by atoms with Crippen molar-refractivity contribution in [2.24, 2.45) is 5.41 Å². The monoisotopic (exact) mass is 308 g/mol. The fourth-order valence-electron chi connectivity index (χ4n) is 1.94. The molecule has 122 valence electrons. The Kier molecular flexibility index (Phi) is 7.02. The van der Waals surface area contributed by atoms with E-state index < -0.39 is 11.3 Å². The molecule has 5 heteroatoms. The third-order valence-electron chi connectivity index (χ3n) is 3.60. The average Bonchev–Trinajstić information content (AvgIpc) is 2.50. The SMILES string of the molecule is CCCCCNC(=O)C(C)(C)C(=O)NCc1ccccc1F. The fraction of sp³-hybridized carbons (Fsp3) is 0.529. The lowest BCUT2D eigenvalue weighted by molar-refractivity contribution is -0.141. The Labute approximate surface area is 131 Å². The van der Waals surface area contributed by atoms with Crippen molar-refractivity contribution in [3.05, 3.63) is 35.6 Å². The van der Waals surface area contributed by atoms with E-state index in [0.29, 0.717) is 12.1 Å². The van der Waals surface area contributed by atoms with Gasteiger partial charge in [0.1, 0.15) is 11.2 Å². The highest BCUT2D eigenvalue weighted by molar-refractivity contribution is 6.04. The van der Waals surface area contributed by atoms with Crippen molar-refractivity contribution in [3.8, 4) is 0 Å². The maximum atomic E-state index is 13.5. The molecular weight excluding hydrogens is 283 g/mol. The number of nitrogens with one attached hydrogen (secondary N) is 2. The number of hydrogen-bond donors (Lipinski definition) is 2. The summed E-state index contributed by atoms with van der Waals surface area (Å²) in [6.07, 6.45) is 3.01. The first-order chi connectivity index (χ1) is 10.4. The van der Waals surface area contributed by atoms with Gasteiger partial charge in [-0.05, 0) is 26.3 Å². The topological polar surface area (TPSA) is 58.2 Å². The van der Waals surface area contributed by atoms with Crippen LogP contribution in [0.1, 0.15) is 45.6 Å². The van der Waals surface area contributed by atoms with Crippen LogP contribution in [-0.2, 0) is 16.1 Å². The number of carbonyl (C=O) groups is 2. The van der Waals surface area contributed by atoms with Crippen LogP contribution < -0.4 is 10.6 Å². The van der Waals surface area contributed by atoms with Gasteiger partial charge in [-0.2, -0.15) is 0 Å². The quantitative estimate of drug-likeness (QED) is 0.573. The molecule has 1 rings (SSSR count). The second-order valence-corrected chi connectivity index (χ2v) is 5.86. The lowest BCUT2D eigenvalue weighted by atomic mass is 9.91. The van der Waals surface area contributed by atoms with E-state index in [2.05, 4.69) is 17.6 Å². The predicted octanol–water partition coefficient (Wildman–Crippen LogP) is 2.77. The van der Waals surface area contributed by atoms with Crippen molar-refractivity contribution in [2.75, 3.05) is 6.54 Å². The number of benzene rings is 1. The summed E-state index contributed by atoms with van der Waals surface area (Å²) >= 11 is 0. The first kappa shape index (κ1) is 18.1. The number of hydrogen-bond acceptors (Lipinski definition) is 2. The Balaban J connectivity index is 2.51. The lowest BCUT2D eigenvalue weighted by Gasteiger charge is -2.22. The molecule has 4 nitrogen and oxygen atoms in total. The standard InChI is InChI=1S/C17H25FN2O2/c1-4-5-8-11-19-15(21)17(2,3)16(22)20-12-13-9-6-7-10-14(13)18/h6-7,9-10H,4-5,8,11-12H2,1-3H3,(H,19,21)(H,20,22). The summed E-state index contributed by atoms with van der Waals surface area (Å²) in [5.41, 5.74) is -0.785. The van der Waals surface area contributed by atoms with Gasteiger partial charge in [0.25, 0.3) is 0 Å². The van der Waals surface area contributed by atoms with Gasteiger partial charge in [-0.25, -0.2) is 4.39 Å². The number of rotatable bonds is 8. The van der Waals surface area contributed by atoms with Gasteiger partial charge in [0.2, 0.25) is 11.8 Å². The van der Waals surface area contributed by atoms with Gasteiger partial charge in [0.05, 0.1) is 0 Å². The van der Waals surface area contributed by atoms with Crippen molar-refractivity contribution in [1.29, 1.82) is 0 Å². The highest BCUT2D eigenvalue weighted by Gasteiger charge is 2.35. The number of carbonyl (C=O) groups excluding carboxylic acids is 2. The van der Waals surface area contributed by atoms with E-state index in [4.69, 9.17) is 0 Å². The molecule has 0 aliphatic rings. The number of halogens is 1. The molecule has 0 aliphatic heterocycles. The van der Waals surface area contributed by atoms with Crippen LogP contribution in [0.3, 0.4) is 0 Å². The van der Waals surface area contributed by atoms with E-state index in [1.807, 2.05) is 0 Å². The highest BCUT2D eigenvalue weighted by atomic mass is 19.1. The Morgan fingerprint density at radius 2 is 1.73 bits per heavy atom. The van der Waals surface area contributed by atoms with Gasteiger partial charge in [-0.3, -0.25) is 9.59 Å². The van der Waals surface area contributed by atoms with Crippen LogP contribution in [0.2, 0.25) is 0 Å². The summed E-state index contributed by atoms with van der Waals surface area (Å²) < 4.78 is 13.5. The number of unbranched alkanes of at least 4 members (excludes halogenated alkanes) is 2. The molecule has 0 bridgehead atoms. The van der Waals surface area contributed by atoms with E-state index in [-0.39, 0.29) is 18.3 Å². The minimum atomic E-state index is -1.18. The van der Waals surface area contributed by atoms with E-state index in [0.717, 1.165) is 19.3 Å². The van der Waals surface area contributed by atoms with E-state index in [9.17, 15) is 14.0 Å². The molecule has 1 aromatic carbocycles. The summed E-state index contributed by atoms with van der Waals surface area (Å²) in [7, 11) is 0. The van der Waals surface area contributed by atoms with Gasteiger partial charge in [-0.15, -0.1) is 0 Å². The summed E-state index contributed by atoms with van der Waals surface area (Å²) in [5.74, 6) is -1.09. The summed E-state index contributed by atoms with van der Waals surface area (Å²) in [6.45, 7) is 5.86. The minimum Gasteiger partial charge on any atom is -0.355 e. The van der Waals surface area contributed by atoms with Crippen LogP contribution in [-0.4, -0.2) is 18.4 Å². The van der Waals surface area contributed by atoms with Crippen molar-refractivity contribution in [1.82, 2.24) is 10.6 Å². The van der Waals surface area contributed by atoms with Gasteiger partial charge in [0, 0.05) is 18.7 Å². The predicted molar refractivity (Wildman–Crippen MR) is 84.6 cm³/mol. The molecule has 2 amide bonds. The molecule has 0 fully saturated rings. The summed E-state index contributed by atoms with van der Waals surface area (Å²) in [5, 5.41) is 5.40. The van der Waals surface area contributed by atoms with Gasteiger partial charge in [-0.1, -0.05) is 38.0 Å². The molecule has 0 unspecified atom stereocenters. The molecule has 0 saturated carbocycles. The van der Waals surface area contributed by atoms with Crippen molar-refractivity contribution in [2.45, 2.75) is 46.6 Å². The zero-order valence-corrected chi connectivity index (χ0v) is 13.5. The molecule has 1 aromatic rings. The van der Waals surface area contributed by atoms with Crippen molar-refractivity contribution < 1.29 is 14.0 Å². The van der Waals surface area contributed by atoms with Crippen LogP contribution in [0.4, 0.5) is 4.39 Å². The van der Waals surface area contributed by atoms with E-state index in [1.54, 1.807) is 32.0 Å².